The molecule has 8 heteroatoms. The van der Waals surface area contributed by atoms with Gasteiger partial charge in [-0.25, -0.2) is 4.79 Å². The van der Waals surface area contributed by atoms with Crippen LogP contribution < -0.4 is 10.2 Å². The van der Waals surface area contributed by atoms with Crippen molar-refractivity contribution < 1.29 is 19.4 Å². The molecule has 3 fully saturated rings. The normalized spacial score (nSPS) is 22.7. The summed E-state index contributed by atoms with van der Waals surface area (Å²) in [6.07, 6.45) is 7.82. The molecule has 8 nitrogen and oxygen atoms in total. The van der Waals surface area contributed by atoms with Crippen molar-refractivity contribution in [3.05, 3.63) is 70.9 Å². The van der Waals surface area contributed by atoms with E-state index in [0.717, 1.165) is 79.8 Å². The number of anilines is 1. The molecule has 1 unspecified atom stereocenters. The number of carbonyl (C=O) groups excluding carboxylic acids is 2. The topological polar surface area (TPSA) is 95.0 Å². The number of hydrogen-bond donors (Lipinski definition) is 2. The second kappa shape index (κ2) is 11.5. The summed E-state index contributed by atoms with van der Waals surface area (Å²) >= 11 is 0. The number of likely N-dealkylation sites (tertiary alicyclic amines) is 1. The van der Waals surface area contributed by atoms with E-state index in [-0.39, 0.29) is 24.1 Å². The van der Waals surface area contributed by atoms with Crippen molar-refractivity contribution in [2.75, 3.05) is 37.7 Å². The average molecular weight is 583 g/mol. The number of piperidine rings is 1. The Morgan fingerprint density at radius 3 is 2.60 bits per heavy atom. The van der Waals surface area contributed by atoms with E-state index in [0.29, 0.717) is 24.1 Å². The van der Waals surface area contributed by atoms with Crippen molar-refractivity contribution in [1.29, 1.82) is 0 Å². The highest BCUT2D eigenvalue weighted by molar-refractivity contribution is 5.98. The van der Waals surface area contributed by atoms with Crippen LogP contribution in [0, 0.1) is 11.3 Å². The van der Waals surface area contributed by atoms with Gasteiger partial charge in [-0.3, -0.25) is 14.7 Å². The number of pyridine rings is 1. The molecule has 2 aliphatic heterocycles. The van der Waals surface area contributed by atoms with Crippen LogP contribution in [0.2, 0.25) is 0 Å². The summed E-state index contributed by atoms with van der Waals surface area (Å²) in [5.74, 6) is 0.631. The summed E-state index contributed by atoms with van der Waals surface area (Å²) in [7, 11) is 0. The monoisotopic (exact) mass is 582 g/mol. The molecule has 2 aliphatic carbocycles. The van der Waals surface area contributed by atoms with E-state index in [1.807, 2.05) is 42.5 Å². The lowest BCUT2D eigenvalue weighted by Gasteiger charge is -2.31. The molecule has 1 saturated carbocycles. The van der Waals surface area contributed by atoms with E-state index in [1.165, 1.54) is 30.5 Å². The van der Waals surface area contributed by atoms with Gasteiger partial charge in [0.15, 0.2) is 0 Å². The Bertz CT molecular complexity index is 1510. The first kappa shape index (κ1) is 28.3. The molecule has 2 saturated heterocycles. The highest BCUT2D eigenvalue weighted by Gasteiger charge is 2.45. The van der Waals surface area contributed by atoms with Crippen molar-refractivity contribution in [3.8, 4) is 0 Å². The first-order chi connectivity index (χ1) is 20.8. The van der Waals surface area contributed by atoms with Crippen LogP contribution in [0.1, 0.15) is 78.7 Å². The van der Waals surface area contributed by atoms with Crippen molar-refractivity contribution >= 4 is 28.6 Å². The Morgan fingerprint density at radius 1 is 1.09 bits per heavy atom. The molecular weight excluding hydrogens is 540 g/mol. The third-order valence-electron chi connectivity index (χ3n) is 10.4. The molecule has 43 heavy (non-hydrogen) atoms. The Balaban J connectivity index is 1.10. The molecule has 2 amide bonds. The van der Waals surface area contributed by atoms with E-state index >= 15 is 0 Å². The molecule has 0 spiro atoms. The lowest BCUT2D eigenvalue weighted by atomic mass is 9.77. The van der Waals surface area contributed by atoms with Gasteiger partial charge in [0, 0.05) is 42.0 Å². The summed E-state index contributed by atoms with van der Waals surface area (Å²) in [5, 5.41) is 14.3. The first-order valence-electron chi connectivity index (χ1n) is 16.0. The van der Waals surface area contributed by atoms with Gasteiger partial charge in [-0.05, 0) is 110 Å². The number of cyclic esters (lactones) is 1. The van der Waals surface area contributed by atoms with E-state index in [4.69, 9.17) is 9.72 Å². The molecule has 7 rings (SSSR count). The second-order valence-electron chi connectivity index (χ2n) is 13.3. The zero-order valence-electron chi connectivity index (χ0n) is 25.1. The summed E-state index contributed by atoms with van der Waals surface area (Å²) < 4.78 is 5.10. The van der Waals surface area contributed by atoms with E-state index in [1.54, 1.807) is 4.90 Å². The number of aryl methyl sites for hydroxylation is 1. The fourth-order valence-electron chi connectivity index (χ4n) is 7.21. The van der Waals surface area contributed by atoms with Crippen molar-refractivity contribution in [3.63, 3.8) is 0 Å². The third kappa shape index (κ3) is 6.00. The minimum atomic E-state index is -0.325. The highest BCUT2D eigenvalue weighted by Crippen LogP contribution is 2.55. The molecular formula is C35H42N4O4. The maximum Gasteiger partial charge on any atom is 0.414 e. The highest BCUT2D eigenvalue weighted by atomic mass is 16.6. The number of nitrogens with one attached hydrogen (secondary N) is 1. The maximum absolute atomic E-state index is 13.7. The maximum atomic E-state index is 13.7. The molecule has 3 heterocycles. The standard InChI is InChI=1S/C35H42N4O4/c1-35(13-14-35)27-5-9-31-26(22-27)21-25-20-24(4-8-30(25)36-31)33(41)37-32(12-17-38-15-10-29(40)11-16-38)23-2-6-28(7-3-23)39-18-19-43-34(39)42/h2-4,6-8,20-21,27,29,32,40H,5,9-19,22H2,1H3,(H,37,41)/t27?,32-/m1/s1. The Morgan fingerprint density at radius 2 is 1.88 bits per heavy atom. The molecule has 0 radical (unpaired) electrons. The fraction of sp³-hybridized carbons (Fsp3) is 0.514. The van der Waals surface area contributed by atoms with Gasteiger partial charge in [-0.15, -0.1) is 0 Å². The van der Waals surface area contributed by atoms with Gasteiger partial charge < -0.3 is 20.1 Å². The van der Waals surface area contributed by atoms with Crippen LogP contribution in [-0.4, -0.2) is 65.9 Å². The summed E-state index contributed by atoms with van der Waals surface area (Å²) in [4.78, 5) is 34.8. The van der Waals surface area contributed by atoms with Gasteiger partial charge in [0.05, 0.1) is 24.2 Å². The number of fused-ring (bicyclic) bond motifs is 2. The number of rotatable bonds is 8. The Kier molecular flexibility index (Phi) is 7.60. The van der Waals surface area contributed by atoms with Crippen LogP contribution in [0.25, 0.3) is 10.9 Å². The van der Waals surface area contributed by atoms with Crippen molar-refractivity contribution in [2.45, 2.75) is 70.4 Å². The molecule has 0 bridgehead atoms. The SMILES string of the molecule is CC1(C2CCc3nc4ccc(C(=O)N[C@H](CCN5CCC(O)CC5)c5ccc(N6CCOC6=O)cc5)cc4cc3C2)CC1. The number of aromatic nitrogens is 1. The largest absolute Gasteiger partial charge is 0.447 e. The number of hydrogen-bond acceptors (Lipinski definition) is 6. The third-order valence-corrected chi connectivity index (χ3v) is 10.4. The quantitative estimate of drug-likeness (QED) is 0.369. The van der Waals surface area contributed by atoms with Crippen LogP contribution in [0.15, 0.2) is 48.5 Å². The Labute approximate surface area is 253 Å². The predicted octanol–water partition coefficient (Wildman–Crippen LogP) is 5.41. The number of amides is 2. The first-order valence-corrected chi connectivity index (χ1v) is 16.0. The van der Waals surface area contributed by atoms with E-state index < -0.39 is 0 Å². The fourth-order valence-corrected chi connectivity index (χ4v) is 7.21. The van der Waals surface area contributed by atoms with E-state index in [9.17, 15) is 14.7 Å². The number of aliphatic hydroxyl groups is 1. The molecule has 4 aliphatic rings. The Hall–Kier alpha value is -3.49. The number of aliphatic hydroxyl groups excluding tert-OH is 1. The van der Waals surface area contributed by atoms with Gasteiger partial charge in [0.25, 0.3) is 5.91 Å². The number of ether oxygens (including phenoxy) is 1. The number of nitrogens with zero attached hydrogens (tertiary/aromatic N) is 3. The van der Waals surface area contributed by atoms with Gasteiger partial charge in [0.1, 0.15) is 6.61 Å². The molecule has 2 aromatic carbocycles. The van der Waals surface area contributed by atoms with E-state index in [2.05, 4.69) is 23.2 Å². The van der Waals surface area contributed by atoms with Crippen LogP contribution in [0.5, 0.6) is 0 Å². The number of benzene rings is 2. The molecule has 226 valence electrons. The smallest absolute Gasteiger partial charge is 0.414 e. The molecule has 2 N–H and O–H groups in total. The zero-order valence-corrected chi connectivity index (χ0v) is 25.1. The van der Waals surface area contributed by atoms with Crippen LogP contribution >= 0.6 is 0 Å². The van der Waals surface area contributed by atoms with Gasteiger partial charge in [0.2, 0.25) is 0 Å². The van der Waals surface area contributed by atoms with Crippen molar-refractivity contribution in [1.82, 2.24) is 15.2 Å². The summed E-state index contributed by atoms with van der Waals surface area (Å²) in [6.45, 7) is 5.91. The molecule has 2 atom stereocenters. The lowest BCUT2D eigenvalue weighted by molar-refractivity contribution is 0.0795. The van der Waals surface area contributed by atoms with Gasteiger partial charge in [-0.1, -0.05) is 19.1 Å². The predicted molar refractivity (Wildman–Crippen MR) is 166 cm³/mol. The van der Waals surface area contributed by atoms with Gasteiger partial charge >= 0.3 is 6.09 Å². The van der Waals surface area contributed by atoms with Gasteiger partial charge in [-0.2, -0.15) is 0 Å². The minimum absolute atomic E-state index is 0.103. The van der Waals surface area contributed by atoms with Crippen LogP contribution in [0.3, 0.4) is 0 Å². The second-order valence-corrected chi connectivity index (χ2v) is 13.3. The summed E-state index contributed by atoms with van der Waals surface area (Å²) in [5.41, 5.74) is 6.46. The lowest BCUT2D eigenvalue weighted by Crippen LogP contribution is -2.38. The average Bonchev–Trinajstić information content (AvgIpc) is 3.64. The number of carbonyl (C=O) groups is 2. The minimum Gasteiger partial charge on any atom is -0.447 e. The molecule has 3 aromatic rings. The molecule has 1 aromatic heterocycles. The zero-order chi connectivity index (χ0) is 29.6. The summed E-state index contributed by atoms with van der Waals surface area (Å²) in [6, 6.07) is 15.8. The van der Waals surface area contributed by atoms with Crippen LogP contribution in [0.4, 0.5) is 10.5 Å². The van der Waals surface area contributed by atoms with Crippen LogP contribution in [-0.2, 0) is 17.6 Å². The van der Waals surface area contributed by atoms with Crippen molar-refractivity contribution in [2.24, 2.45) is 11.3 Å².